The van der Waals surface area contributed by atoms with Crippen molar-refractivity contribution in [1.82, 2.24) is 4.98 Å². The van der Waals surface area contributed by atoms with E-state index >= 15 is 0 Å². The number of aryl methyl sites for hydroxylation is 4. The number of carbonyl (C=O) groups excluding carboxylic acids is 2. The van der Waals surface area contributed by atoms with Gasteiger partial charge in [0.1, 0.15) is 4.88 Å². The molecule has 0 bridgehead atoms. The van der Waals surface area contributed by atoms with Crippen LogP contribution in [-0.4, -0.2) is 16.9 Å². The lowest BCUT2D eigenvalue weighted by molar-refractivity contribution is 0.102. The van der Waals surface area contributed by atoms with Crippen LogP contribution in [-0.2, 0) is 0 Å². The Bertz CT molecular complexity index is 729. The number of hydrogen-bond acceptors (Lipinski definition) is 4. The molecule has 0 saturated heterocycles. The molecule has 0 aliphatic heterocycles. The minimum Gasteiger partial charge on any atom is -0.351 e. The van der Waals surface area contributed by atoms with E-state index in [9.17, 15) is 9.59 Å². The first kappa shape index (κ1) is 16.0. The molecular formula is C15H18N4O2S. The second-order valence-corrected chi connectivity index (χ2v) is 6.15. The molecule has 0 radical (unpaired) electrons. The third-order valence-electron chi connectivity index (χ3n) is 3.15. The van der Waals surface area contributed by atoms with Gasteiger partial charge < -0.3 is 11.1 Å². The molecule has 2 rings (SSSR count). The first-order valence-electron chi connectivity index (χ1n) is 6.71. The predicted octanol–water partition coefficient (Wildman–Crippen LogP) is 3.12. The van der Waals surface area contributed by atoms with Crippen LogP contribution in [0.1, 0.15) is 32.1 Å². The van der Waals surface area contributed by atoms with Crippen LogP contribution in [0.2, 0.25) is 0 Å². The molecule has 0 unspecified atom stereocenters. The van der Waals surface area contributed by atoms with Gasteiger partial charge in [-0.1, -0.05) is 29.0 Å². The normalized spacial score (nSPS) is 10.4. The Morgan fingerprint density at radius 2 is 1.68 bits per heavy atom. The standard InChI is InChI=1S/C15H18N4O2S/c1-7-5-8(2)11(9(3)6-7)18-13(20)12-10(4)17-15(22-12)19-14(16)21/h5-6H,1-4H3,(H,18,20)(H3,16,17,19,21). The molecule has 0 spiro atoms. The number of hydrogen-bond donors (Lipinski definition) is 3. The fraction of sp³-hybridized carbons (Fsp3) is 0.267. The summed E-state index contributed by atoms with van der Waals surface area (Å²) in [4.78, 5) is 27.9. The number of nitrogens with two attached hydrogens (primary N) is 1. The van der Waals surface area contributed by atoms with Crippen molar-refractivity contribution in [2.75, 3.05) is 10.6 Å². The predicted molar refractivity (Wildman–Crippen MR) is 88.7 cm³/mol. The van der Waals surface area contributed by atoms with Gasteiger partial charge in [0.2, 0.25) is 0 Å². The Labute approximate surface area is 132 Å². The van der Waals surface area contributed by atoms with Gasteiger partial charge in [0.15, 0.2) is 5.13 Å². The summed E-state index contributed by atoms with van der Waals surface area (Å²) in [6.07, 6.45) is 0. The van der Waals surface area contributed by atoms with Gasteiger partial charge >= 0.3 is 6.03 Å². The van der Waals surface area contributed by atoms with Gasteiger partial charge in [-0.2, -0.15) is 0 Å². The van der Waals surface area contributed by atoms with E-state index < -0.39 is 6.03 Å². The van der Waals surface area contributed by atoms with Crippen molar-refractivity contribution in [2.45, 2.75) is 27.7 Å². The van der Waals surface area contributed by atoms with Crippen LogP contribution >= 0.6 is 11.3 Å². The van der Waals surface area contributed by atoms with Crippen LogP contribution in [0.5, 0.6) is 0 Å². The number of primary amides is 1. The number of aromatic nitrogens is 1. The Morgan fingerprint density at radius 3 is 2.23 bits per heavy atom. The first-order chi connectivity index (χ1) is 10.3. The van der Waals surface area contributed by atoms with E-state index in [1.807, 2.05) is 32.9 Å². The van der Waals surface area contributed by atoms with E-state index in [1.54, 1.807) is 6.92 Å². The maximum atomic E-state index is 12.4. The summed E-state index contributed by atoms with van der Waals surface area (Å²) < 4.78 is 0. The van der Waals surface area contributed by atoms with Gasteiger partial charge in [-0.3, -0.25) is 10.1 Å². The summed E-state index contributed by atoms with van der Waals surface area (Å²) in [6, 6.07) is 3.33. The number of benzene rings is 1. The maximum absolute atomic E-state index is 12.4. The van der Waals surface area contributed by atoms with Gasteiger partial charge in [-0.15, -0.1) is 0 Å². The third-order valence-corrected chi connectivity index (χ3v) is 4.22. The zero-order chi connectivity index (χ0) is 16.4. The molecule has 1 heterocycles. The molecule has 4 N–H and O–H groups in total. The van der Waals surface area contributed by atoms with Crippen LogP contribution in [0.25, 0.3) is 0 Å². The summed E-state index contributed by atoms with van der Waals surface area (Å²) in [5.41, 5.74) is 9.56. The van der Waals surface area contributed by atoms with Gasteiger partial charge in [0.05, 0.1) is 5.69 Å². The minimum absolute atomic E-state index is 0.248. The molecule has 3 amide bonds. The lowest BCUT2D eigenvalue weighted by atomic mass is 10.1. The number of anilines is 2. The Morgan fingerprint density at radius 1 is 1.09 bits per heavy atom. The number of thiazole rings is 1. The van der Waals surface area contributed by atoms with Crippen molar-refractivity contribution < 1.29 is 9.59 Å². The maximum Gasteiger partial charge on any atom is 0.318 e. The fourth-order valence-corrected chi connectivity index (χ4v) is 3.18. The van der Waals surface area contributed by atoms with E-state index in [1.165, 1.54) is 0 Å². The molecule has 1 aromatic carbocycles. The van der Waals surface area contributed by atoms with Crippen molar-refractivity contribution in [3.63, 3.8) is 0 Å². The topological polar surface area (TPSA) is 97.1 Å². The third kappa shape index (κ3) is 3.43. The zero-order valence-corrected chi connectivity index (χ0v) is 13.7. The van der Waals surface area contributed by atoms with Crippen LogP contribution in [0.4, 0.5) is 15.6 Å². The second-order valence-electron chi connectivity index (χ2n) is 5.15. The van der Waals surface area contributed by atoms with Gasteiger partial charge in [-0.05, 0) is 38.8 Å². The molecule has 7 heteroatoms. The van der Waals surface area contributed by atoms with Crippen molar-refractivity contribution in [3.05, 3.63) is 39.4 Å². The fourth-order valence-electron chi connectivity index (χ4n) is 2.31. The van der Waals surface area contributed by atoms with E-state index in [2.05, 4.69) is 15.6 Å². The van der Waals surface area contributed by atoms with Crippen LogP contribution < -0.4 is 16.4 Å². The summed E-state index contributed by atoms with van der Waals surface area (Å²) in [5.74, 6) is -0.248. The monoisotopic (exact) mass is 318 g/mol. The van der Waals surface area contributed by atoms with E-state index in [4.69, 9.17) is 5.73 Å². The molecule has 6 nitrogen and oxygen atoms in total. The highest BCUT2D eigenvalue weighted by atomic mass is 32.1. The van der Waals surface area contributed by atoms with Crippen LogP contribution in [0.15, 0.2) is 12.1 Å². The highest BCUT2D eigenvalue weighted by Crippen LogP contribution is 2.26. The molecule has 0 saturated carbocycles. The van der Waals surface area contributed by atoms with Gasteiger partial charge in [-0.25, -0.2) is 9.78 Å². The molecule has 1 aromatic heterocycles. The van der Waals surface area contributed by atoms with Crippen molar-refractivity contribution in [1.29, 1.82) is 0 Å². The lowest BCUT2D eigenvalue weighted by Gasteiger charge is -2.12. The first-order valence-corrected chi connectivity index (χ1v) is 7.52. The van der Waals surface area contributed by atoms with E-state index in [0.717, 1.165) is 33.7 Å². The van der Waals surface area contributed by atoms with E-state index in [0.29, 0.717) is 15.7 Å². The number of rotatable bonds is 3. The van der Waals surface area contributed by atoms with E-state index in [-0.39, 0.29) is 5.91 Å². The average Bonchev–Trinajstić information content (AvgIpc) is 2.73. The Hall–Kier alpha value is -2.41. The molecular weight excluding hydrogens is 300 g/mol. The second kappa shape index (κ2) is 6.15. The number of urea groups is 1. The summed E-state index contributed by atoms with van der Waals surface area (Å²) >= 11 is 1.09. The number of nitrogens with one attached hydrogen (secondary N) is 2. The summed E-state index contributed by atoms with van der Waals surface area (Å²) in [5, 5.41) is 5.61. The molecule has 22 heavy (non-hydrogen) atoms. The lowest BCUT2D eigenvalue weighted by Crippen LogP contribution is -2.19. The quantitative estimate of drug-likeness (QED) is 0.811. The highest BCUT2D eigenvalue weighted by molar-refractivity contribution is 7.17. The largest absolute Gasteiger partial charge is 0.351 e. The highest BCUT2D eigenvalue weighted by Gasteiger charge is 2.17. The van der Waals surface area contributed by atoms with Crippen LogP contribution in [0.3, 0.4) is 0 Å². The smallest absolute Gasteiger partial charge is 0.318 e. The number of amides is 3. The molecule has 116 valence electrons. The average molecular weight is 318 g/mol. The molecule has 0 aliphatic carbocycles. The van der Waals surface area contributed by atoms with Crippen LogP contribution in [0, 0.1) is 27.7 Å². The Kier molecular flexibility index (Phi) is 4.46. The van der Waals surface area contributed by atoms with Crippen molar-refractivity contribution >= 4 is 34.1 Å². The molecule has 2 aromatic rings. The van der Waals surface area contributed by atoms with Crippen molar-refractivity contribution in [3.8, 4) is 0 Å². The SMILES string of the molecule is Cc1cc(C)c(NC(=O)c2sc(NC(N)=O)nc2C)c(C)c1. The number of carbonyl (C=O) groups is 2. The van der Waals surface area contributed by atoms with Gasteiger partial charge in [0, 0.05) is 5.69 Å². The summed E-state index contributed by atoms with van der Waals surface area (Å²) in [7, 11) is 0. The molecule has 0 atom stereocenters. The van der Waals surface area contributed by atoms with Gasteiger partial charge in [0.25, 0.3) is 5.91 Å². The molecule has 0 aliphatic rings. The minimum atomic E-state index is -0.703. The Balaban J connectivity index is 2.26. The summed E-state index contributed by atoms with van der Waals surface area (Å²) in [6.45, 7) is 7.64. The van der Waals surface area contributed by atoms with Crippen molar-refractivity contribution in [2.24, 2.45) is 5.73 Å². The number of nitrogens with zero attached hydrogens (tertiary/aromatic N) is 1. The zero-order valence-electron chi connectivity index (χ0n) is 12.9. The molecule has 0 fully saturated rings.